The van der Waals surface area contributed by atoms with E-state index >= 15 is 0 Å². The van der Waals surface area contributed by atoms with Crippen molar-refractivity contribution in [2.24, 2.45) is 0 Å². The maximum atomic E-state index is 11.9. The molecule has 0 saturated carbocycles. The summed E-state index contributed by atoms with van der Waals surface area (Å²) in [5.74, 6) is 0.230. The number of carbonyl (C=O) groups is 1. The van der Waals surface area contributed by atoms with Gasteiger partial charge in [0.25, 0.3) is 0 Å². The van der Waals surface area contributed by atoms with E-state index in [1.807, 2.05) is 0 Å². The number of Topliss-reactive ketones (excluding diaryl/α,β-unsaturated/α-hetero) is 1. The van der Waals surface area contributed by atoms with Crippen LogP contribution in [0.1, 0.15) is 35.1 Å². The minimum Gasteiger partial charge on any atom is -0.299 e. The van der Waals surface area contributed by atoms with Crippen molar-refractivity contribution in [3.63, 3.8) is 0 Å². The van der Waals surface area contributed by atoms with Crippen molar-refractivity contribution in [1.82, 2.24) is 0 Å². The Balaban J connectivity index is 2.06. The monoisotopic (exact) mass is 250 g/mol. The summed E-state index contributed by atoms with van der Waals surface area (Å²) in [7, 11) is 0. The molecule has 2 aromatic carbocycles. The van der Waals surface area contributed by atoms with Crippen molar-refractivity contribution in [3.8, 4) is 0 Å². The topological polar surface area (TPSA) is 17.1 Å². The molecule has 4 aliphatic rings. The van der Waals surface area contributed by atoms with Crippen LogP contribution in [-0.4, -0.2) is 5.78 Å². The summed E-state index contributed by atoms with van der Waals surface area (Å²) >= 11 is 0. The molecule has 0 N–H and O–H groups in total. The Bertz CT molecular complexity index is 578. The van der Waals surface area contributed by atoms with Crippen molar-refractivity contribution in [1.29, 1.82) is 0 Å². The number of hydrogen-bond donors (Lipinski definition) is 0. The van der Waals surface area contributed by atoms with Crippen LogP contribution >= 0.6 is 0 Å². The number of benzene rings is 2. The normalized spacial score (nSPS) is 17.8. The second-order valence-electron chi connectivity index (χ2n) is 5.43. The molecule has 19 heavy (non-hydrogen) atoms. The highest BCUT2D eigenvalue weighted by Crippen LogP contribution is 2.24. The number of hydrogen-bond acceptors (Lipinski definition) is 1. The first-order chi connectivity index (χ1) is 9.22. The molecule has 96 valence electrons. The molecule has 0 aliphatic heterocycles. The molecular formula is C18H18O. The lowest BCUT2D eigenvalue weighted by molar-refractivity contribution is -0.118. The molecule has 1 atom stereocenters. The zero-order valence-corrected chi connectivity index (χ0v) is 11.2. The highest BCUT2D eigenvalue weighted by atomic mass is 16.1. The molecular weight excluding hydrogens is 232 g/mol. The first-order valence-electron chi connectivity index (χ1n) is 6.89. The lowest BCUT2D eigenvalue weighted by atomic mass is 9.87. The smallest absolute Gasteiger partial charge is 0.137 e. The Kier molecular flexibility index (Phi) is 3.20. The summed E-state index contributed by atoms with van der Waals surface area (Å²) in [6.07, 6.45) is 2.94. The molecule has 0 fully saturated rings. The van der Waals surface area contributed by atoms with Crippen LogP contribution in [0.15, 0.2) is 48.5 Å². The van der Waals surface area contributed by atoms with Crippen LogP contribution in [0.3, 0.4) is 0 Å². The molecule has 1 nitrogen and oxygen atoms in total. The minimum absolute atomic E-state index is 0.0145. The van der Waals surface area contributed by atoms with Crippen LogP contribution in [0.4, 0.5) is 0 Å². The van der Waals surface area contributed by atoms with Gasteiger partial charge in [0.1, 0.15) is 5.78 Å². The van der Waals surface area contributed by atoms with Gasteiger partial charge in [-0.2, -0.15) is 0 Å². The van der Waals surface area contributed by atoms with Gasteiger partial charge in [0.2, 0.25) is 0 Å². The van der Waals surface area contributed by atoms with Gasteiger partial charge in [-0.1, -0.05) is 48.5 Å². The van der Waals surface area contributed by atoms with Gasteiger partial charge in [0.05, 0.1) is 0 Å². The largest absolute Gasteiger partial charge is 0.299 e. The van der Waals surface area contributed by atoms with Gasteiger partial charge < -0.3 is 0 Å². The van der Waals surface area contributed by atoms with Gasteiger partial charge >= 0.3 is 0 Å². The van der Waals surface area contributed by atoms with Crippen molar-refractivity contribution in [2.75, 3.05) is 0 Å². The molecule has 0 amide bonds. The van der Waals surface area contributed by atoms with Crippen LogP contribution in [0, 0.1) is 0 Å². The number of ketones is 1. The molecule has 1 heteroatoms. The van der Waals surface area contributed by atoms with Crippen LogP contribution in [0.5, 0.6) is 0 Å². The maximum Gasteiger partial charge on any atom is 0.137 e. The summed E-state index contributed by atoms with van der Waals surface area (Å²) in [6.45, 7) is 1.69. The second-order valence-corrected chi connectivity index (χ2v) is 5.43. The molecule has 6 rings (SSSR count). The highest BCUT2D eigenvalue weighted by molar-refractivity contribution is 5.83. The standard InChI is InChI=1S/C18H18O/c1-13(19)18-12-16-6-4-14(5-7-16)2-3-15-8-10-17(18)11-9-15/h4-11,18H,2-3,12H2,1H3. The van der Waals surface area contributed by atoms with Gasteiger partial charge in [0, 0.05) is 5.92 Å². The third-order valence-electron chi connectivity index (χ3n) is 4.04. The Labute approximate surface area is 114 Å². The van der Waals surface area contributed by atoms with Crippen LogP contribution in [-0.2, 0) is 24.1 Å². The van der Waals surface area contributed by atoms with E-state index < -0.39 is 0 Å². The van der Waals surface area contributed by atoms with Gasteiger partial charge in [-0.3, -0.25) is 4.79 Å². The zero-order chi connectivity index (χ0) is 13.2. The predicted molar refractivity (Wildman–Crippen MR) is 77.4 cm³/mol. The molecule has 4 aliphatic carbocycles. The van der Waals surface area contributed by atoms with E-state index in [-0.39, 0.29) is 11.7 Å². The Morgan fingerprint density at radius 1 is 0.842 bits per heavy atom. The maximum absolute atomic E-state index is 11.9. The van der Waals surface area contributed by atoms with Gasteiger partial charge in [-0.25, -0.2) is 0 Å². The summed E-state index contributed by atoms with van der Waals surface area (Å²) in [5.41, 5.74) is 5.10. The SMILES string of the molecule is CC(=O)C1Cc2ccc(cc2)CCc2ccc1cc2. The lowest BCUT2D eigenvalue weighted by Gasteiger charge is -2.16. The average Bonchev–Trinajstić information content (AvgIpc) is 2.42. The van der Waals surface area contributed by atoms with E-state index in [0.717, 1.165) is 24.8 Å². The predicted octanol–water partition coefficient (Wildman–Crippen LogP) is 3.70. The Morgan fingerprint density at radius 2 is 1.32 bits per heavy atom. The zero-order valence-electron chi connectivity index (χ0n) is 11.2. The van der Waals surface area contributed by atoms with Crippen LogP contribution < -0.4 is 0 Å². The third-order valence-corrected chi connectivity index (χ3v) is 4.04. The molecule has 2 aromatic rings. The molecule has 4 bridgehead atoms. The van der Waals surface area contributed by atoms with E-state index in [4.69, 9.17) is 0 Å². The number of carbonyl (C=O) groups excluding carboxylic acids is 1. The Hall–Kier alpha value is -1.89. The van der Waals surface area contributed by atoms with Gasteiger partial charge in [0.15, 0.2) is 0 Å². The van der Waals surface area contributed by atoms with E-state index in [1.165, 1.54) is 16.7 Å². The first-order valence-corrected chi connectivity index (χ1v) is 6.89. The van der Waals surface area contributed by atoms with Gasteiger partial charge in [-0.05, 0) is 48.4 Å². The molecule has 1 unspecified atom stereocenters. The first kappa shape index (κ1) is 12.2. The minimum atomic E-state index is -0.0145. The molecule has 0 aromatic heterocycles. The van der Waals surface area contributed by atoms with E-state index in [9.17, 15) is 4.79 Å². The average molecular weight is 250 g/mol. The van der Waals surface area contributed by atoms with Gasteiger partial charge in [-0.15, -0.1) is 0 Å². The Morgan fingerprint density at radius 3 is 1.84 bits per heavy atom. The highest BCUT2D eigenvalue weighted by Gasteiger charge is 2.17. The fraction of sp³-hybridized carbons (Fsp3) is 0.278. The van der Waals surface area contributed by atoms with Crippen molar-refractivity contribution in [2.45, 2.75) is 32.1 Å². The van der Waals surface area contributed by atoms with E-state index in [1.54, 1.807) is 6.92 Å². The fourth-order valence-corrected chi connectivity index (χ4v) is 2.78. The van der Waals surface area contributed by atoms with Crippen molar-refractivity contribution < 1.29 is 4.79 Å². The summed E-state index contributed by atoms with van der Waals surface area (Å²) in [6, 6.07) is 17.3. The molecule has 0 radical (unpaired) electrons. The molecule has 0 heterocycles. The summed E-state index contributed by atoms with van der Waals surface area (Å²) < 4.78 is 0. The van der Waals surface area contributed by atoms with Crippen LogP contribution in [0.2, 0.25) is 0 Å². The fourth-order valence-electron chi connectivity index (χ4n) is 2.78. The quantitative estimate of drug-likeness (QED) is 0.754. The molecule has 0 saturated heterocycles. The molecule has 0 spiro atoms. The van der Waals surface area contributed by atoms with Crippen molar-refractivity contribution >= 4 is 5.78 Å². The summed E-state index contributed by atoms with van der Waals surface area (Å²) in [5, 5.41) is 0. The summed E-state index contributed by atoms with van der Waals surface area (Å²) in [4.78, 5) is 11.9. The third kappa shape index (κ3) is 2.60. The lowest BCUT2D eigenvalue weighted by Crippen LogP contribution is -2.12. The van der Waals surface area contributed by atoms with Crippen molar-refractivity contribution in [3.05, 3.63) is 70.8 Å². The number of rotatable bonds is 1. The van der Waals surface area contributed by atoms with Crippen LogP contribution in [0.25, 0.3) is 0 Å². The number of aryl methyl sites for hydroxylation is 2. The van der Waals surface area contributed by atoms with E-state index in [2.05, 4.69) is 48.5 Å². The second kappa shape index (κ2) is 5.00. The van der Waals surface area contributed by atoms with E-state index in [0.29, 0.717) is 0 Å².